The molecule has 1 aromatic rings. The second-order valence-electron chi connectivity index (χ2n) is 7.20. The molecule has 0 spiro atoms. The highest BCUT2D eigenvalue weighted by atomic mass is 16.5. The van der Waals surface area contributed by atoms with E-state index in [9.17, 15) is 4.79 Å². The number of ether oxygens (including phenoxy) is 2. The largest absolute Gasteiger partial charge is 0.497 e. The number of carbonyl (C=O) groups is 1. The fourth-order valence-corrected chi connectivity index (χ4v) is 4.30. The van der Waals surface area contributed by atoms with Gasteiger partial charge in [-0.15, -0.1) is 0 Å². The van der Waals surface area contributed by atoms with E-state index in [4.69, 9.17) is 9.47 Å². The Kier molecular flexibility index (Phi) is 5.44. The van der Waals surface area contributed by atoms with Gasteiger partial charge in [-0.3, -0.25) is 4.79 Å². The molecule has 3 rings (SSSR count). The van der Waals surface area contributed by atoms with Crippen LogP contribution in [0.15, 0.2) is 24.3 Å². The molecule has 0 bridgehead atoms. The molecule has 0 aromatic heterocycles. The molecule has 2 saturated carbocycles. The van der Waals surface area contributed by atoms with Crippen LogP contribution < -0.4 is 10.1 Å². The molecule has 0 aliphatic heterocycles. The predicted molar refractivity (Wildman–Crippen MR) is 94.3 cm³/mol. The molecular formula is C20H29NO3. The van der Waals surface area contributed by atoms with Gasteiger partial charge in [0.15, 0.2) is 0 Å². The number of hydrogen-bond acceptors (Lipinski definition) is 3. The summed E-state index contributed by atoms with van der Waals surface area (Å²) in [6.07, 6.45) is 8.60. The number of amides is 1. The van der Waals surface area contributed by atoms with E-state index in [1.807, 2.05) is 12.1 Å². The van der Waals surface area contributed by atoms with E-state index in [2.05, 4.69) is 17.4 Å². The molecule has 0 saturated heterocycles. The van der Waals surface area contributed by atoms with Crippen LogP contribution in [0.1, 0.15) is 56.9 Å². The van der Waals surface area contributed by atoms with E-state index in [0.29, 0.717) is 12.1 Å². The molecule has 2 fully saturated rings. The number of nitrogens with one attached hydrogen (secondary N) is 1. The Labute approximate surface area is 144 Å². The van der Waals surface area contributed by atoms with E-state index in [0.717, 1.165) is 62.7 Å². The number of benzene rings is 1. The molecule has 0 heterocycles. The van der Waals surface area contributed by atoms with Gasteiger partial charge in [0.25, 0.3) is 0 Å². The molecule has 4 nitrogen and oxygen atoms in total. The average Bonchev–Trinajstić information content (AvgIpc) is 3.13. The first kappa shape index (κ1) is 17.3. The van der Waals surface area contributed by atoms with Crippen LogP contribution in [-0.4, -0.2) is 32.3 Å². The quantitative estimate of drug-likeness (QED) is 0.897. The molecule has 2 aliphatic rings. The lowest BCUT2D eigenvalue weighted by atomic mass is 9.77. The van der Waals surface area contributed by atoms with Crippen LogP contribution >= 0.6 is 0 Å². The van der Waals surface area contributed by atoms with Crippen LogP contribution in [0.3, 0.4) is 0 Å². The van der Waals surface area contributed by atoms with Gasteiger partial charge in [0, 0.05) is 13.2 Å². The van der Waals surface area contributed by atoms with Crippen molar-refractivity contribution in [3.05, 3.63) is 29.8 Å². The Balaban J connectivity index is 1.71. The highest BCUT2D eigenvalue weighted by Crippen LogP contribution is 2.42. The second-order valence-corrected chi connectivity index (χ2v) is 7.20. The lowest BCUT2D eigenvalue weighted by Gasteiger charge is -2.33. The summed E-state index contributed by atoms with van der Waals surface area (Å²) in [6.45, 7) is 0. The number of carbonyl (C=O) groups excluding carboxylic acids is 1. The molecule has 1 aromatic carbocycles. The molecule has 24 heavy (non-hydrogen) atoms. The predicted octanol–water partition coefficient (Wildman–Crippen LogP) is 3.58. The third-order valence-corrected chi connectivity index (χ3v) is 5.88. The van der Waals surface area contributed by atoms with Gasteiger partial charge in [0.1, 0.15) is 5.75 Å². The van der Waals surface area contributed by atoms with Crippen molar-refractivity contribution in [2.45, 2.75) is 68.9 Å². The SMILES string of the molecule is COc1ccc(C2(C(=O)NC3CCC(OC)CC3)CCCC2)cc1. The van der Waals surface area contributed by atoms with Crippen molar-refractivity contribution in [3.8, 4) is 5.75 Å². The lowest BCUT2D eigenvalue weighted by Crippen LogP contribution is -2.48. The minimum absolute atomic E-state index is 0.214. The van der Waals surface area contributed by atoms with Crippen molar-refractivity contribution < 1.29 is 14.3 Å². The minimum atomic E-state index is -0.357. The normalized spacial score (nSPS) is 26.1. The van der Waals surface area contributed by atoms with Gasteiger partial charge >= 0.3 is 0 Å². The fourth-order valence-electron chi connectivity index (χ4n) is 4.30. The molecule has 132 valence electrons. The zero-order valence-electron chi connectivity index (χ0n) is 14.8. The van der Waals surface area contributed by atoms with Crippen molar-refractivity contribution >= 4 is 5.91 Å². The second kappa shape index (κ2) is 7.56. The van der Waals surface area contributed by atoms with Gasteiger partial charge in [-0.2, -0.15) is 0 Å². The van der Waals surface area contributed by atoms with Gasteiger partial charge < -0.3 is 14.8 Å². The molecule has 4 heteroatoms. The van der Waals surface area contributed by atoms with Crippen molar-refractivity contribution in [1.82, 2.24) is 5.32 Å². The Morgan fingerprint density at radius 2 is 1.67 bits per heavy atom. The summed E-state index contributed by atoms with van der Waals surface area (Å²) in [6, 6.07) is 8.34. The summed E-state index contributed by atoms with van der Waals surface area (Å²) in [5.41, 5.74) is 0.772. The molecule has 1 N–H and O–H groups in total. The van der Waals surface area contributed by atoms with Crippen molar-refractivity contribution in [1.29, 1.82) is 0 Å². The Bertz CT molecular complexity index is 541. The monoisotopic (exact) mass is 331 g/mol. The molecule has 0 unspecified atom stereocenters. The Hall–Kier alpha value is -1.55. The van der Waals surface area contributed by atoms with Crippen molar-refractivity contribution in [2.75, 3.05) is 14.2 Å². The summed E-state index contributed by atoms with van der Waals surface area (Å²) < 4.78 is 10.7. The van der Waals surface area contributed by atoms with Gasteiger partial charge in [0.2, 0.25) is 5.91 Å². The first-order valence-corrected chi connectivity index (χ1v) is 9.16. The summed E-state index contributed by atoms with van der Waals surface area (Å²) in [4.78, 5) is 13.2. The zero-order chi connectivity index (χ0) is 17.0. The molecule has 0 atom stereocenters. The standard InChI is InChI=1S/C20H29NO3/c1-23-17-9-5-15(6-10-17)20(13-3-4-14-20)19(22)21-16-7-11-18(24-2)12-8-16/h5-6,9-10,16,18H,3-4,7-8,11-14H2,1-2H3,(H,21,22). The van der Waals surface area contributed by atoms with Gasteiger partial charge in [0.05, 0.1) is 18.6 Å². The van der Waals surface area contributed by atoms with Gasteiger partial charge in [-0.25, -0.2) is 0 Å². The fraction of sp³-hybridized carbons (Fsp3) is 0.650. The van der Waals surface area contributed by atoms with E-state index < -0.39 is 0 Å². The maximum Gasteiger partial charge on any atom is 0.230 e. The topological polar surface area (TPSA) is 47.6 Å². The summed E-state index contributed by atoms with van der Waals surface area (Å²) in [5.74, 6) is 1.05. The van der Waals surface area contributed by atoms with Gasteiger partial charge in [-0.05, 0) is 56.2 Å². The first-order chi connectivity index (χ1) is 11.7. The van der Waals surface area contributed by atoms with Crippen molar-refractivity contribution in [3.63, 3.8) is 0 Å². The Morgan fingerprint density at radius 3 is 2.21 bits per heavy atom. The highest BCUT2D eigenvalue weighted by Gasteiger charge is 2.43. The summed E-state index contributed by atoms with van der Waals surface area (Å²) >= 11 is 0. The van der Waals surface area contributed by atoms with Crippen LogP contribution in [0, 0.1) is 0 Å². The summed E-state index contributed by atoms with van der Waals surface area (Å²) in [7, 11) is 3.45. The maximum absolute atomic E-state index is 13.2. The van der Waals surface area contributed by atoms with E-state index >= 15 is 0 Å². The third-order valence-electron chi connectivity index (χ3n) is 5.88. The first-order valence-electron chi connectivity index (χ1n) is 9.16. The number of methoxy groups -OCH3 is 2. The lowest BCUT2D eigenvalue weighted by molar-refractivity contribution is -0.127. The van der Waals surface area contributed by atoms with Crippen LogP contribution in [0.5, 0.6) is 5.75 Å². The Morgan fingerprint density at radius 1 is 1.04 bits per heavy atom. The van der Waals surface area contributed by atoms with Crippen LogP contribution in [-0.2, 0) is 14.9 Å². The third kappa shape index (κ3) is 3.44. The number of hydrogen-bond donors (Lipinski definition) is 1. The van der Waals surface area contributed by atoms with E-state index in [-0.39, 0.29) is 11.3 Å². The molecule has 2 aliphatic carbocycles. The van der Waals surface area contributed by atoms with Crippen LogP contribution in [0.2, 0.25) is 0 Å². The molecular weight excluding hydrogens is 302 g/mol. The van der Waals surface area contributed by atoms with E-state index in [1.54, 1.807) is 14.2 Å². The van der Waals surface area contributed by atoms with Crippen molar-refractivity contribution in [2.24, 2.45) is 0 Å². The molecule has 1 amide bonds. The maximum atomic E-state index is 13.2. The van der Waals surface area contributed by atoms with Crippen LogP contribution in [0.25, 0.3) is 0 Å². The highest BCUT2D eigenvalue weighted by molar-refractivity contribution is 5.88. The minimum Gasteiger partial charge on any atom is -0.497 e. The smallest absolute Gasteiger partial charge is 0.230 e. The number of rotatable bonds is 5. The van der Waals surface area contributed by atoms with E-state index in [1.165, 1.54) is 0 Å². The average molecular weight is 331 g/mol. The zero-order valence-corrected chi connectivity index (χ0v) is 14.8. The summed E-state index contributed by atoms with van der Waals surface area (Å²) in [5, 5.41) is 3.35. The molecule has 0 radical (unpaired) electrons. The van der Waals surface area contributed by atoms with Crippen LogP contribution in [0.4, 0.5) is 0 Å². The van der Waals surface area contributed by atoms with Gasteiger partial charge in [-0.1, -0.05) is 25.0 Å².